The molecule has 4 nitrogen and oxygen atoms in total. The molecule has 1 aromatic carbocycles. The van der Waals surface area contributed by atoms with Crippen LogP contribution in [0.25, 0.3) is 0 Å². The van der Waals surface area contributed by atoms with Crippen molar-refractivity contribution in [3.8, 4) is 0 Å². The topological polar surface area (TPSA) is 45.0 Å². The molecule has 1 heterocycles. The number of rotatable bonds is 3. The van der Waals surface area contributed by atoms with Gasteiger partial charge in [0, 0.05) is 11.2 Å². The highest BCUT2D eigenvalue weighted by atomic mass is 79.9. The van der Waals surface area contributed by atoms with Crippen LogP contribution in [0, 0.1) is 0 Å². The smallest absolute Gasteiger partial charge is 0.226 e. The lowest BCUT2D eigenvalue weighted by Gasteiger charge is -2.14. The molecule has 0 atom stereocenters. The predicted molar refractivity (Wildman–Crippen MR) is 79.6 cm³/mol. The second-order valence-electron chi connectivity index (χ2n) is 3.78. The average molecular weight is 331 g/mol. The molecule has 0 amide bonds. The first kappa shape index (κ1) is 14.9. The third-order valence-electron chi connectivity index (χ3n) is 2.26. The van der Waals surface area contributed by atoms with Crippen molar-refractivity contribution in [2.24, 2.45) is 9.98 Å². The van der Waals surface area contributed by atoms with Crippen LogP contribution in [-0.2, 0) is 4.79 Å². The van der Waals surface area contributed by atoms with Crippen LogP contribution >= 0.6 is 28.6 Å². The van der Waals surface area contributed by atoms with Crippen molar-refractivity contribution in [2.75, 3.05) is 13.1 Å². The summed E-state index contributed by atoms with van der Waals surface area (Å²) in [5.41, 5.74) is 0.775. The third-order valence-corrected chi connectivity index (χ3v) is 2.51. The number of nitrogens with zero attached hydrogens (tertiary/aromatic N) is 3. The van der Waals surface area contributed by atoms with Gasteiger partial charge in [-0.1, -0.05) is 11.6 Å². The summed E-state index contributed by atoms with van der Waals surface area (Å²) in [4.78, 5) is 21.4. The maximum absolute atomic E-state index is 11.1. The number of Topliss-reactive ketones (excluding diaryl/α,β-unsaturated/α-hetero) is 1. The van der Waals surface area contributed by atoms with Crippen molar-refractivity contribution >= 4 is 52.2 Å². The fraction of sp³-hybridized carbons (Fsp3) is 0.250. The maximum atomic E-state index is 11.1. The molecule has 6 heteroatoms. The number of hydrogen-bond donors (Lipinski definition) is 0. The van der Waals surface area contributed by atoms with Gasteiger partial charge in [0.15, 0.2) is 0 Å². The normalized spacial score (nSPS) is 15.9. The highest BCUT2D eigenvalue weighted by Crippen LogP contribution is 2.17. The summed E-state index contributed by atoms with van der Waals surface area (Å²) >= 11 is 5.79. The number of halogens is 2. The number of ketones is 1. The lowest BCUT2D eigenvalue weighted by molar-refractivity contribution is -0.117. The van der Waals surface area contributed by atoms with Crippen LogP contribution in [0.1, 0.15) is 6.92 Å². The number of hydrogen-bond acceptors (Lipinski definition) is 2. The molecule has 18 heavy (non-hydrogen) atoms. The van der Waals surface area contributed by atoms with Crippen LogP contribution in [0.5, 0.6) is 0 Å². The zero-order chi connectivity index (χ0) is 12.3. The van der Waals surface area contributed by atoms with Gasteiger partial charge in [-0.15, -0.1) is 17.0 Å². The summed E-state index contributed by atoms with van der Waals surface area (Å²) in [5.74, 6) is 0.668. The quantitative estimate of drug-likeness (QED) is 0.855. The monoisotopic (exact) mass is 329 g/mol. The maximum Gasteiger partial charge on any atom is 0.226 e. The molecular formula is C12H13BrClN3O. The summed E-state index contributed by atoms with van der Waals surface area (Å²) in [6, 6.07) is 7.17. The largest absolute Gasteiger partial charge is 0.328 e. The number of carbonyl (C=O) groups is 1. The molecule has 2 rings (SSSR count). The van der Waals surface area contributed by atoms with Gasteiger partial charge in [0.1, 0.15) is 5.78 Å². The number of guanidine groups is 1. The lowest BCUT2D eigenvalue weighted by Crippen LogP contribution is -2.30. The highest BCUT2D eigenvalue weighted by Gasteiger charge is 2.16. The molecule has 0 saturated heterocycles. The van der Waals surface area contributed by atoms with E-state index in [2.05, 4.69) is 9.98 Å². The van der Waals surface area contributed by atoms with Crippen LogP contribution in [0.3, 0.4) is 0 Å². The van der Waals surface area contributed by atoms with Crippen LogP contribution in [0.4, 0.5) is 5.69 Å². The van der Waals surface area contributed by atoms with Gasteiger partial charge in [0.05, 0.1) is 18.8 Å². The molecule has 0 aliphatic carbocycles. The molecule has 0 aromatic heterocycles. The number of benzene rings is 1. The summed E-state index contributed by atoms with van der Waals surface area (Å²) in [5, 5.41) is 0.671. The van der Waals surface area contributed by atoms with E-state index >= 15 is 0 Å². The third kappa shape index (κ3) is 3.92. The van der Waals surface area contributed by atoms with Crippen molar-refractivity contribution < 1.29 is 4.79 Å². The minimum absolute atomic E-state index is 0. The molecule has 0 fully saturated rings. The predicted octanol–water partition coefficient (Wildman–Crippen LogP) is 2.88. The van der Waals surface area contributed by atoms with E-state index in [4.69, 9.17) is 11.6 Å². The van der Waals surface area contributed by atoms with Gasteiger partial charge in [-0.05, 0) is 31.2 Å². The molecule has 0 radical (unpaired) electrons. The van der Waals surface area contributed by atoms with Crippen LogP contribution < -0.4 is 0 Å². The molecule has 0 bridgehead atoms. The van der Waals surface area contributed by atoms with E-state index in [0.717, 1.165) is 5.69 Å². The molecule has 1 aliphatic rings. The Kier molecular flexibility index (Phi) is 5.50. The summed E-state index contributed by atoms with van der Waals surface area (Å²) < 4.78 is 0. The number of aliphatic imine (C=N–C) groups is 2. The van der Waals surface area contributed by atoms with Crippen molar-refractivity contribution in [1.29, 1.82) is 0 Å². The van der Waals surface area contributed by atoms with Gasteiger partial charge in [-0.2, -0.15) is 0 Å². The number of carbonyl (C=O) groups excluding carboxylic acids is 1. The zero-order valence-corrected chi connectivity index (χ0v) is 12.3. The van der Waals surface area contributed by atoms with Crippen molar-refractivity contribution in [3.05, 3.63) is 29.3 Å². The van der Waals surface area contributed by atoms with Gasteiger partial charge in [0.2, 0.25) is 5.96 Å². The standard InChI is InChI=1S/C12H12ClN3O.BrH/c1-9(17)8-16-7-6-14-12(16)15-11-4-2-10(13)3-5-11;/h2-6H,7-8H2,1H3;1H. The molecule has 96 valence electrons. The first-order valence-corrected chi connectivity index (χ1v) is 5.64. The Morgan fingerprint density at radius 3 is 2.72 bits per heavy atom. The fourth-order valence-electron chi connectivity index (χ4n) is 1.52. The minimum Gasteiger partial charge on any atom is -0.328 e. The Morgan fingerprint density at radius 2 is 2.11 bits per heavy atom. The van der Waals surface area contributed by atoms with E-state index in [-0.39, 0.29) is 22.8 Å². The van der Waals surface area contributed by atoms with E-state index < -0.39 is 0 Å². The van der Waals surface area contributed by atoms with E-state index in [1.54, 1.807) is 25.3 Å². The highest BCUT2D eigenvalue weighted by molar-refractivity contribution is 8.93. The molecule has 1 aliphatic heterocycles. The van der Waals surface area contributed by atoms with Crippen LogP contribution in [-0.4, -0.2) is 35.9 Å². The van der Waals surface area contributed by atoms with E-state index in [0.29, 0.717) is 24.1 Å². The fourth-order valence-corrected chi connectivity index (χ4v) is 1.65. The van der Waals surface area contributed by atoms with Crippen molar-refractivity contribution in [2.45, 2.75) is 6.92 Å². The van der Waals surface area contributed by atoms with E-state index in [1.807, 2.05) is 17.0 Å². The Bertz CT molecular complexity index is 485. The molecule has 0 spiro atoms. The minimum atomic E-state index is 0. The Hall–Kier alpha value is -1.20. The SMILES string of the molecule is Br.CC(=O)CN1CC=NC1=Nc1ccc(Cl)cc1. The molecule has 1 aromatic rings. The Morgan fingerprint density at radius 1 is 1.44 bits per heavy atom. The molecule has 0 unspecified atom stereocenters. The zero-order valence-electron chi connectivity index (χ0n) is 9.84. The van der Waals surface area contributed by atoms with Gasteiger partial charge < -0.3 is 4.90 Å². The molecule has 0 saturated carbocycles. The first-order chi connectivity index (χ1) is 8.15. The van der Waals surface area contributed by atoms with Gasteiger partial charge >= 0.3 is 0 Å². The molecular weight excluding hydrogens is 318 g/mol. The van der Waals surface area contributed by atoms with Crippen molar-refractivity contribution in [3.63, 3.8) is 0 Å². The Labute approximate surface area is 121 Å². The second kappa shape index (κ2) is 6.66. The van der Waals surface area contributed by atoms with Gasteiger partial charge in [-0.3, -0.25) is 4.79 Å². The summed E-state index contributed by atoms with van der Waals surface area (Å²) in [6.07, 6.45) is 1.75. The first-order valence-electron chi connectivity index (χ1n) is 5.26. The van der Waals surface area contributed by atoms with Gasteiger partial charge in [-0.25, -0.2) is 9.98 Å². The van der Waals surface area contributed by atoms with E-state index in [9.17, 15) is 4.79 Å². The lowest BCUT2D eigenvalue weighted by atomic mass is 10.3. The molecule has 0 N–H and O–H groups in total. The average Bonchev–Trinajstić information content (AvgIpc) is 2.68. The Balaban J connectivity index is 0.00000162. The second-order valence-corrected chi connectivity index (χ2v) is 4.22. The summed E-state index contributed by atoms with van der Waals surface area (Å²) in [6.45, 7) is 2.52. The van der Waals surface area contributed by atoms with E-state index in [1.165, 1.54) is 0 Å². The van der Waals surface area contributed by atoms with Crippen molar-refractivity contribution in [1.82, 2.24) is 4.90 Å². The van der Waals surface area contributed by atoms with Gasteiger partial charge in [0.25, 0.3) is 0 Å². The van der Waals surface area contributed by atoms with Crippen LogP contribution in [0.15, 0.2) is 34.3 Å². The van der Waals surface area contributed by atoms with Crippen LogP contribution in [0.2, 0.25) is 5.02 Å². The summed E-state index contributed by atoms with van der Waals surface area (Å²) in [7, 11) is 0.